The highest BCUT2D eigenvalue weighted by Gasteiger charge is 2.22. The molecule has 8 nitrogen and oxygen atoms in total. The summed E-state index contributed by atoms with van der Waals surface area (Å²) in [5, 5.41) is 9.43. The van der Waals surface area contributed by atoms with Crippen LogP contribution in [0, 0.1) is 12.8 Å². The second-order valence-electron chi connectivity index (χ2n) is 12.4. The molecule has 1 aromatic heterocycles. The molecule has 43 heavy (non-hydrogen) atoms. The van der Waals surface area contributed by atoms with E-state index < -0.39 is 0 Å². The Hall–Kier alpha value is -3.91. The number of methoxy groups -OCH3 is 1. The van der Waals surface area contributed by atoms with Crippen LogP contribution >= 0.6 is 0 Å². The Balaban J connectivity index is 1.56. The van der Waals surface area contributed by atoms with Gasteiger partial charge in [-0.25, -0.2) is 0 Å². The van der Waals surface area contributed by atoms with Gasteiger partial charge in [-0.1, -0.05) is 40.2 Å². The Labute approximate surface area is 256 Å². The molecule has 1 saturated heterocycles. The number of carbonyl (C=O) groups excluding carboxylic acids is 2. The van der Waals surface area contributed by atoms with E-state index in [9.17, 15) is 9.59 Å². The van der Waals surface area contributed by atoms with E-state index in [1.165, 1.54) is 7.11 Å². The van der Waals surface area contributed by atoms with E-state index in [1.807, 2.05) is 44.2 Å². The molecule has 0 spiro atoms. The number of rotatable bonds is 11. The van der Waals surface area contributed by atoms with Gasteiger partial charge < -0.3 is 25.4 Å². The average molecular weight is 587 g/mol. The molecule has 0 saturated carbocycles. The second kappa shape index (κ2) is 14.5. The monoisotopic (exact) mass is 586 g/mol. The summed E-state index contributed by atoms with van der Waals surface area (Å²) in [6, 6.07) is 13.1. The molecule has 3 N–H and O–H groups in total. The first kappa shape index (κ1) is 32.0. The maximum Gasteiger partial charge on any atom is 0.255 e. The van der Waals surface area contributed by atoms with E-state index >= 15 is 0 Å². The van der Waals surface area contributed by atoms with Crippen molar-refractivity contribution in [3.05, 3.63) is 71.0 Å². The number of hydrogen-bond donors (Lipinski definition) is 3. The molecule has 0 atom stereocenters. The van der Waals surface area contributed by atoms with Crippen molar-refractivity contribution in [2.24, 2.45) is 5.92 Å². The summed E-state index contributed by atoms with van der Waals surface area (Å²) in [7, 11) is 1.54. The van der Waals surface area contributed by atoms with Gasteiger partial charge in [-0.15, -0.1) is 0 Å². The largest absolute Gasteiger partial charge is 0.492 e. The predicted octanol–water partition coefficient (Wildman–Crippen LogP) is 7.41. The van der Waals surface area contributed by atoms with Crippen LogP contribution in [-0.4, -0.2) is 37.0 Å². The Morgan fingerprint density at radius 1 is 1.02 bits per heavy atom. The molecule has 2 aromatic carbocycles. The fourth-order valence-electron chi connectivity index (χ4n) is 5.20. The number of pyridine rings is 1. The van der Waals surface area contributed by atoms with Gasteiger partial charge in [0.2, 0.25) is 5.91 Å². The summed E-state index contributed by atoms with van der Waals surface area (Å²) >= 11 is 0. The average Bonchev–Trinajstić information content (AvgIpc) is 2.97. The minimum absolute atomic E-state index is 0.0844. The van der Waals surface area contributed by atoms with Crippen LogP contribution in [-0.2, 0) is 16.6 Å². The molecule has 0 bridgehead atoms. The van der Waals surface area contributed by atoms with E-state index in [0.29, 0.717) is 46.5 Å². The van der Waals surface area contributed by atoms with Crippen LogP contribution in [0.2, 0.25) is 0 Å². The number of piperidine rings is 1. The van der Waals surface area contributed by atoms with Crippen molar-refractivity contribution >= 4 is 23.2 Å². The lowest BCUT2D eigenvalue weighted by molar-refractivity contribution is -0.116. The molecule has 4 rings (SSSR count). The standard InChI is InChI=1S/C35H46N4O4/c1-7-8-9-32(40)38-29-20-26(35(3,4)5)21-30(33(29)42-6)39-34(41)25-11-10-23(2)31(19-25)43-28-14-17-37-27(22-28)18-24-12-15-36-16-13-24/h10-11,14,17,19-22,24,36H,7-9,12-13,15-16,18H2,1-6H3,(H,38,40)(H,39,41). The van der Waals surface area contributed by atoms with E-state index in [4.69, 9.17) is 9.47 Å². The van der Waals surface area contributed by atoms with Gasteiger partial charge in [0.05, 0.1) is 18.5 Å². The molecular weight excluding hydrogens is 540 g/mol. The van der Waals surface area contributed by atoms with Crippen LogP contribution in [0.4, 0.5) is 11.4 Å². The maximum atomic E-state index is 13.6. The van der Waals surface area contributed by atoms with Crippen molar-refractivity contribution in [3.63, 3.8) is 0 Å². The number of unbranched alkanes of at least 4 members (excludes halogenated alkanes) is 1. The third-order valence-corrected chi connectivity index (χ3v) is 7.86. The zero-order chi connectivity index (χ0) is 31.0. The minimum atomic E-state index is -0.307. The van der Waals surface area contributed by atoms with Crippen LogP contribution in [0.1, 0.15) is 87.0 Å². The smallest absolute Gasteiger partial charge is 0.255 e. The summed E-state index contributed by atoms with van der Waals surface area (Å²) in [5.74, 6) is 1.94. The number of carbonyl (C=O) groups is 2. The number of nitrogens with one attached hydrogen (secondary N) is 3. The molecule has 2 heterocycles. The lowest BCUT2D eigenvalue weighted by Crippen LogP contribution is -2.28. The van der Waals surface area contributed by atoms with Crippen molar-refractivity contribution < 1.29 is 19.1 Å². The zero-order valence-electron chi connectivity index (χ0n) is 26.4. The van der Waals surface area contributed by atoms with Crippen LogP contribution in [0.25, 0.3) is 0 Å². The topological polar surface area (TPSA) is 102 Å². The number of hydrogen-bond acceptors (Lipinski definition) is 6. The fourth-order valence-corrected chi connectivity index (χ4v) is 5.20. The molecule has 2 amide bonds. The number of aromatic nitrogens is 1. The number of ether oxygens (including phenoxy) is 2. The fraction of sp³-hybridized carbons (Fsp3) is 0.457. The van der Waals surface area contributed by atoms with Crippen molar-refractivity contribution in [3.8, 4) is 17.2 Å². The first-order chi connectivity index (χ1) is 20.6. The molecule has 0 aliphatic carbocycles. The molecule has 0 unspecified atom stereocenters. The summed E-state index contributed by atoms with van der Waals surface area (Å²) in [5.41, 5.74) is 4.14. The summed E-state index contributed by atoms with van der Waals surface area (Å²) in [6.07, 6.45) is 7.16. The van der Waals surface area contributed by atoms with E-state index in [2.05, 4.69) is 41.7 Å². The number of benzene rings is 2. The van der Waals surface area contributed by atoms with Gasteiger partial charge in [-0.05, 0) is 98.5 Å². The van der Waals surface area contributed by atoms with Crippen LogP contribution in [0.3, 0.4) is 0 Å². The molecule has 230 valence electrons. The Kier molecular flexibility index (Phi) is 10.8. The van der Waals surface area contributed by atoms with Crippen LogP contribution < -0.4 is 25.4 Å². The van der Waals surface area contributed by atoms with Crippen LogP contribution in [0.5, 0.6) is 17.2 Å². The molecule has 1 fully saturated rings. The van der Waals surface area contributed by atoms with Gasteiger partial charge in [0.15, 0.2) is 5.75 Å². The highest BCUT2D eigenvalue weighted by atomic mass is 16.5. The maximum absolute atomic E-state index is 13.6. The highest BCUT2D eigenvalue weighted by molar-refractivity contribution is 6.06. The lowest BCUT2D eigenvalue weighted by Gasteiger charge is -2.24. The van der Waals surface area contributed by atoms with Gasteiger partial charge in [0, 0.05) is 29.9 Å². The predicted molar refractivity (Wildman–Crippen MR) is 173 cm³/mol. The van der Waals surface area contributed by atoms with Gasteiger partial charge in [-0.2, -0.15) is 0 Å². The number of anilines is 2. The van der Waals surface area contributed by atoms with Gasteiger partial charge in [-0.3, -0.25) is 14.6 Å². The summed E-state index contributed by atoms with van der Waals surface area (Å²) in [6.45, 7) is 12.4. The van der Waals surface area contributed by atoms with E-state index in [1.54, 1.807) is 18.3 Å². The van der Waals surface area contributed by atoms with E-state index in [-0.39, 0.29) is 17.2 Å². The molecule has 0 radical (unpaired) electrons. The SMILES string of the molecule is CCCCC(=O)Nc1cc(C(C)(C)C)cc(NC(=O)c2ccc(C)c(Oc3ccnc(CC4CCNCC4)c3)c2)c1OC. The zero-order valence-corrected chi connectivity index (χ0v) is 26.4. The summed E-state index contributed by atoms with van der Waals surface area (Å²) < 4.78 is 12.0. The molecule has 3 aromatic rings. The normalized spacial score (nSPS) is 13.8. The lowest BCUT2D eigenvalue weighted by atomic mass is 9.86. The quantitative estimate of drug-likeness (QED) is 0.216. The van der Waals surface area contributed by atoms with Crippen molar-refractivity contribution in [2.45, 2.75) is 78.6 Å². The van der Waals surface area contributed by atoms with Gasteiger partial charge >= 0.3 is 0 Å². The van der Waals surface area contributed by atoms with Gasteiger partial charge in [0.25, 0.3) is 5.91 Å². The third-order valence-electron chi connectivity index (χ3n) is 7.86. The number of amides is 2. The minimum Gasteiger partial charge on any atom is -0.492 e. The molecule has 1 aliphatic heterocycles. The van der Waals surface area contributed by atoms with Crippen molar-refractivity contribution in [1.29, 1.82) is 0 Å². The van der Waals surface area contributed by atoms with Crippen molar-refractivity contribution in [2.75, 3.05) is 30.8 Å². The Morgan fingerprint density at radius 2 is 1.74 bits per heavy atom. The second-order valence-corrected chi connectivity index (χ2v) is 12.4. The molecular formula is C35H46N4O4. The molecule has 8 heteroatoms. The first-order valence-corrected chi connectivity index (χ1v) is 15.3. The van der Waals surface area contributed by atoms with Gasteiger partial charge in [0.1, 0.15) is 11.5 Å². The molecule has 1 aliphatic rings. The summed E-state index contributed by atoms with van der Waals surface area (Å²) in [4.78, 5) is 30.8. The third kappa shape index (κ3) is 8.80. The number of nitrogens with zero attached hydrogens (tertiary/aromatic N) is 1. The Morgan fingerprint density at radius 3 is 2.42 bits per heavy atom. The number of aryl methyl sites for hydroxylation is 1. The van der Waals surface area contributed by atoms with E-state index in [0.717, 1.165) is 62.0 Å². The first-order valence-electron chi connectivity index (χ1n) is 15.3. The highest BCUT2D eigenvalue weighted by Crippen LogP contribution is 2.39. The van der Waals surface area contributed by atoms with Crippen molar-refractivity contribution in [1.82, 2.24) is 10.3 Å². The Bertz CT molecular complexity index is 1420. The van der Waals surface area contributed by atoms with Crippen LogP contribution in [0.15, 0.2) is 48.7 Å².